The van der Waals surface area contributed by atoms with Crippen molar-refractivity contribution in [3.8, 4) is 5.75 Å². The normalized spacial score (nSPS) is 15.1. The van der Waals surface area contributed by atoms with Gasteiger partial charge in [0.2, 0.25) is 0 Å². The molecule has 0 radical (unpaired) electrons. The number of rotatable bonds is 9. The van der Waals surface area contributed by atoms with Crippen LogP contribution in [0.3, 0.4) is 0 Å². The number of hydrogen-bond acceptors (Lipinski definition) is 5. The molecule has 190 valence electrons. The van der Waals surface area contributed by atoms with E-state index in [2.05, 4.69) is 9.62 Å². The molecule has 9 heteroatoms. The van der Waals surface area contributed by atoms with Gasteiger partial charge in [-0.2, -0.15) is 0 Å². The first-order chi connectivity index (χ1) is 17.2. The van der Waals surface area contributed by atoms with Gasteiger partial charge in [0.05, 0.1) is 17.2 Å². The predicted octanol–water partition coefficient (Wildman–Crippen LogP) is 5.18. The molecule has 7 nitrogen and oxygen atoms in total. The number of anilines is 1. The van der Waals surface area contributed by atoms with Gasteiger partial charge in [-0.15, -0.1) is 0 Å². The van der Waals surface area contributed by atoms with Crippen LogP contribution >= 0.6 is 0 Å². The fourth-order valence-electron chi connectivity index (χ4n) is 4.49. The number of nitrogens with zero attached hydrogens (tertiary/aromatic N) is 1. The van der Waals surface area contributed by atoms with Crippen LogP contribution in [0.5, 0.6) is 5.75 Å². The highest BCUT2D eigenvalue weighted by Crippen LogP contribution is 2.42. The minimum absolute atomic E-state index is 0.116. The van der Waals surface area contributed by atoms with Crippen molar-refractivity contribution < 1.29 is 27.4 Å². The van der Waals surface area contributed by atoms with E-state index in [1.54, 1.807) is 18.2 Å². The van der Waals surface area contributed by atoms with Crippen molar-refractivity contribution in [3.63, 3.8) is 0 Å². The van der Waals surface area contributed by atoms with Gasteiger partial charge >= 0.3 is 5.97 Å². The summed E-state index contributed by atoms with van der Waals surface area (Å²) in [6, 6.07) is 6.49. The number of nitrogens with one attached hydrogen (secondary N) is 1. The maximum Gasteiger partial charge on any atom is 0.341 e. The lowest BCUT2D eigenvalue weighted by atomic mass is 9.97. The second-order valence-corrected chi connectivity index (χ2v) is 10.2. The Hall–Kier alpha value is -3.43. The van der Waals surface area contributed by atoms with Crippen molar-refractivity contribution in [1.29, 1.82) is 0 Å². The number of carboxylic acid groups (broad SMARTS) is 1. The topological polar surface area (TPSA) is 95.9 Å². The predicted molar refractivity (Wildman–Crippen MR) is 138 cm³/mol. The average Bonchev–Trinajstić information content (AvgIpc) is 3.22. The third kappa shape index (κ3) is 5.22. The van der Waals surface area contributed by atoms with Gasteiger partial charge < -0.3 is 14.7 Å². The third-order valence-electron chi connectivity index (χ3n) is 6.40. The summed E-state index contributed by atoms with van der Waals surface area (Å²) in [4.78, 5) is 14.2. The smallest absolute Gasteiger partial charge is 0.341 e. The highest BCUT2D eigenvalue weighted by Gasteiger charge is 2.29. The Morgan fingerprint density at radius 1 is 1.22 bits per heavy atom. The molecular formula is C27H29FN2O5S. The number of hydrogen-bond donors (Lipinski definition) is 2. The lowest BCUT2D eigenvalue weighted by molar-refractivity contribution is 0.0693. The van der Waals surface area contributed by atoms with Crippen LogP contribution in [-0.4, -0.2) is 50.6 Å². The SMILES string of the molecule is CCN(CC)C/C=C\c1cc(F)ccc1S(=O)(=O)Nc1ccc2c(c1C(=O)O)OCCC1=C2C=CC1. The molecule has 2 aliphatic rings. The van der Waals surface area contributed by atoms with Crippen molar-refractivity contribution in [2.24, 2.45) is 0 Å². The van der Waals surface area contributed by atoms with Gasteiger partial charge in [-0.25, -0.2) is 17.6 Å². The summed E-state index contributed by atoms with van der Waals surface area (Å²) < 4.78 is 49.1. The van der Waals surface area contributed by atoms with Gasteiger partial charge in [-0.05, 0) is 61.0 Å². The Kier molecular flexibility index (Phi) is 7.61. The molecule has 0 saturated carbocycles. The molecule has 2 aromatic rings. The lowest BCUT2D eigenvalue weighted by Gasteiger charge is -2.18. The van der Waals surface area contributed by atoms with E-state index in [0.29, 0.717) is 25.1 Å². The maximum atomic E-state index is 14.0. The van der Waals surface area contributed by atoms with Gasteiger partial charge in [0, 0.05) is 18.5 Å². The van der Waals surface area contributed by atoms with Gasteiger partial charge in [-0.3, -0.25) is 4.72 Å². The number of aromatic carboxylic acids is 1. The zero-order chi connectivity index (χ0) is 25.9. The van der Waals surface area contributed by atoms with Crippen molar-refractivity contribution in [1.82, 2.24) is 4.90 Å². The largest absolute Gasteiger partial charge is 0.492 e. The number of benzene rings is 2. The van der Waals surface area contributed by atoms with Crippen LogP contribution in [-0.2, 0) is 10.0 Å². The van der Waals surface area contributed by atoms with Crippen LogP contribution in [0.15, 0.2) is 59.0 Å². The minimum atomic E-state index is -4.26. The zero-order valence-corrected chi connectivity index (χ0v) is 21.1. The summed E-state index contributed by atoms with van der Waals surface area (Å²) in [6.45, 7) is 6.55. The number of ether oxygens (including phenoxy) is 1. The molecule has 0 fully saturated rings. The lowest BCUT2D eigenvalue weighted by Crippen LogP contribution is -2.22. The first-order valence-corrected chi connectivity index (χ1v) is 13.4. The second kappa shape index (κ2) is 10.7. The van der Waals surface area contributed by atoms with E-state index in [1.165, 1.54) is 12.1 Å². The van der Waals surface area contributed by atoms with Crippen LogP contribution in [0.25, 0.3) is 11.6 Å². The number of fused-ring (bicyclic) bond motifs is 2. The Labute approximate surface area is 210 Å². The van der Waals surface area contributed by atoms with Crippen molar-refractivity contribution in [3.05, 3.63) is 76.6 Å². The van der Waals surface area contributed by atoms with E-state index in [0.717, 1.165) is 42.8 Å². The Morgan fingerprint density at radius 3 is 2.72 bits per heavy atom. The highest BCUT2D eigenvalue weighted by atomic mass is 32.2. The van der Waals surface area contributed by atoms with Gasteiger partial charge in [0.1, 0.15) is 17.1 Å². The maximum absolute atomic E-state index is 14.0. The summed E-state index contributed by atoms with van der Waals surface area (Å²) >= 11 is 0. The highest BCUT2D eigenvalue weighted by molar-refractivity contribution is 7.92. The molecular weight excluding hydrogens is 483 g/mol. The zero-order valence-electron chi connectivity index (χ0n) is 20.3. The van der Waals surface area contributed by atoms with Crippen LogP contribution in [0, 0.1) is 5.82 Å². The second-order valence-electron chi connectivity index (χ2n) is 8.57. The first kappa shape index (κ1) is 25.7. The molecule has 1 aliphatic heterocycles. The van der Waals surface area contributed by atoms with Crippen LogP contribution in [0.2, 0.25) is 0 Å². The summed E-state index contributed by atoms with van der Waals surface area (Å²) in [5.41, 5.74) is 2.49. The van der Waals surface area contributed by atoms with Crippen LogP contribution < -0.4 is 9.46 Å². The summed E-state index contributed by atoms with van der Waals surface area (Å²) in [5, 5.41) is 10.0. The van der Waals surface area contributed by atoms with E-state index in [-0.39, 0.29) is 27.5 Å². The van der Waals surface area contributed by atoms with Gasteiger partial charge in [0.15, 0.2) is 0 Å². The number of allylic oxidation sites excluding steroid dienone is 3. The van der Waals surface area contributed by atoms with E-state index in [9.17, 15) is 22.7 Å². The molecule has 0 spiro atoms. The number of halogens is 1. The molecule has 0 amide bonds. The van der Waals surface area contributed by atoms with Crippen molar-refractivity contribution in [2.75, 3.05) is 31.0 Å². The average molecular weight is 513 g/mol. The van der Waals surface area contributed by atoms with Gasteiger partial charge in [0.25, 0.3) is 10.0 Å². The van der Waals surface area contributed by atoms with E-state index >= 15 is 0 Å². The van der Waals surface area contributed by atoms with E-state index in [4.69, 9.17) is 4.74 Å². The molecule has 0 bridgehead atoms. The molecule has 36 heavy (non-hydrogen) atoms. The van der Waals surface area contributed by atoms with Gasteiger partial charge in [-0.1, -0.05) is 43.7 Å². The van der Waals surface area contributed by atoms with Crippen LogP contribution in [0.1, 0.15) is 48.2 Å². The molecule has 1 aliphatic carbocycles. The molecule has 2 N–H and O–H groups in total. The quantitative estimate of drug-likeness (QED) is 0.481. The standard InChI is InChI=1S/C27H29FN2O5S/c1-3-30(4-2)15-6-8-19-17-20(28)10-13-24(19)36(33,34)29-23-12-11-22-21-9-5-7-18(21)14-16-35-26(22)25(23)27(31)32/h5-6,8-13,17,29H,3-4,7,14-16H2,1-2H3,(H,31,32)/b8-6-. The number of likely N-dealkylation sites (N-methyl/N-ethyl adjacent to an activating group) is 1. The van der Waals surface area contributed by atoms with Crippen molar-refractivity contribution >= 4 is 33.3 Å². The summed E-state index contributed by atoms with van der Waals surface area (Å²) in [5.74, 6) is -1.75. The molecule has 2 aromatic carbocycles. The summed E-state index contributed by atoms with van der Waals surface area (Å²) in [7, 11) is -4.26. The summed E-state index contributed by atoms with van der Waals surface area (Å²) in [6.07, 6.45) is 8.74. The molecule has 4 rings (SSSR count). The fourth-order valence-corrected chi connectivity index (χ4v) is 5.74. The number of carbonyl (C=O) groups is 1. The Bertz CT molecular complexity index is 1370. The Balaban J connectivity index is 1.72. The minimum Gasteiger partial charge on any atom is -0.492 e. The molecule has 0 atom stereocenters. The molecule has 0 unspecified atom stereocenters. The number of sulfonamides is 1. The molecule has 1 heterocycles. The monoisotopic (exact) mass is 512 g/mol. The molecule has 0 aromatic heterocycles. The Morgan fingerprint density at radius 2 is 2.00 bits per heavy atom. The third-order valence-corrected chi connectivity index (χ3v) is 7.84. The number of carboxylic acids is 1. The van der Waals surface area contributed by atoms with Crippen molar-refractivity contribution in [2.45, 2.75) is 31.6 Å². The van der Waals surface area contributed by atoms with E-state index < -0.39 is 21.8 Å². The van der Waals surface area contributed by atoms with E-state index in [1.807, 2.05) is 26.0 Å². The first-order valence-electron chi connectivity index (χ1n) is 11.9. The van der Waals surface area contributed by atoms with Crippen LogP contribution in [0.4, 0.5) is 10.1 Å². The molecule has 0 saturated heterocycles. The fraction of sp³-hybridized carbons (Fsp3) is 0.296.